The van der Waals surface area contributed by atoms with E-state index < -0.39 is 5.41 Å². The van der Waals surface area contributed by atoms with Gasteiger partial charge < -0.3 is 19.8 Å². The van der Waals surface area contributed by atoms with Crippen molar-refractivity contribution >= 4 is 5.97 Å². The monoisotopic (exact) mass is 319 g/mol. The number of aliphatic hydroxyl groups excluding tert-OH is 1. The molecule has 3 unspecified atom stereocenters. The van der Waals surface area contributed by atoms with Gasteiger partial charge in [-0.1, -0.05) is 12.1 Å². The maximum atomic E-state index is 12.7. The lowest BCUT2D eigenvalue weighted by molar-refractivity contribution is -0.160. The van der Waals surface area contributed by atoms with Crippen LogP contribution in [0.1, 0.15) is 38.2 Å². The first-order valence-electron chi connectivity index (χ1n) is 8.27. The van der Waals surface area contributed by atoms with E-state index in [-0.39, 0.29) is 24.4 Å². The number of carbonyl (C=O) groups is 1. The van der Waals surface area contributed by atoms with Crippen LogP contribution in [0.2, 0.25) is 0 Å². The van der Waals surface area contributed by atoms with E-state index in [2.05, 4.69) is 11.9 Å². The van der Waals surface area contributed by atoms with Crippen molar-refractivity contribution in [3.05, 3.63) is 29.8 Å². The van der Waals surface area contributed by atoms with E-state index >= 15 is 0 Å². The van der Waals surface area contributed by atoms with E-state index in [1.807, 2.05) is 0 Å². The Bertz CT molecular complexity index is 559. The van der Waals surface area contributed by atoms with Crippen molar-refractivity contribution in [1.29, 1.82) is 0 Å². The Labute approximate surface area is 136 Å². The summed E-state index contributed by atoms with van der Waals surface area (Å²) in [6.45, 7) is 1.36. The Morgan fingerprint density at radius 2 is 1.83 bits per heavy atom. The zero-order valence-electron chi connectivity index (χ0n) is 13.7. The van der Waals surface area contributed by atoms with Gasteiger partial charge in [-0.15, -0.1) is 0 Å². The molecule has 3 rings (SSSR count). The molecule has 126 valence electrons. The summed E-state index contributed by atoms with van der Waals surface area (Å²) in [5, 5.41) is 19.2. The van der Waals surface area contributed by atoms with E-state index in [0.717, 1.165) is 12.8 Å². The maximum absolute atomic E-state index is 12.7. The van der Waals surface area contributed by atoms with Crippen LogP contribution in [-0.4, -0.2) is 52.9 Å². The van der Waals surface area contributed by atoms with Crippen molar-refractivity contribution in [2.24, 2.45) is 0 Å². The van der Waals surface area contributed by atoms with Gasteiger partial charge in [0.15, 0.2) is 0 Å². The second-order valence-corrected chi connectivity index (χ2v) is 7.09. The Morgan fingerprint density at radius 3 is 2.35 bits per heavy atom. The first kappa shape index (κ1) is 16.3. The van der Waals surface area contributed by atoms with Crippen molar-refractivity contribution in [1.82, 2.24) is 4.90 Å². The first-order valence-corrected chi connectivity index (χ1v) is 8.27. The second kappa shape index (κ2) is 6.13. The Balaban J connectivity index is 1.72. The summed E-state index contributed by atoms with van der Waals surface area (Å²) in [6, 6.07) is 7.36. The summed E-state index contributed by atoms with van der Waals surface area (Å²) in [4.78, 5) is 15.1. The Morgan fingerprint density at radius 1 is 1.26 bits per heavy atom. The lowest BCUT2D eigenvalue weighted by atomic mass is 9.83. The quantitative estimate of drug-likeness (QED) is 0.828. The van der Waals surface area contributed by atoms with Gasteiger partial charge in [-0.25, -0.2) is 0 Å². The highest BCUT2D eigenvalue weighted by Crippen LogP contribution is 2.36. The number of rotatable bonds is 4. The van der Waals surface area contributed by atoms with Crippen LogP contribution < -0.4 is 0 Å². The zero-order chi connectivity index (χ0) is 16.6. The molecule has 0 amide bonds. The molecule has 2 aliphatic heterocycles. The smallest absolute Gasteiger partial charge is 0.318 e. The van der Waals surface area contributed by atoms with Gasteiger partial charge in [0.1, 0.15) is 17.3 Å². The molecule has 2 bridgehead atoms. The van der Waals surface area contributed by atoms with Crippen LogP contribution in [0.15, 0.2) is 24.3 Å². The van der Waals surface area contributed by atoms with Gasteiger partial charge in [-0.2, -0.15) is 0 Å². The minimum absolute atomic E-state index is 0.0702. The number of hydrogen-bond acceptors (Lipinski definition) is 5. The lowest BCUT2D eigenvalue weighted by Gasteiger charge is -2.37. The predicted molar refractivity (Wildman–Crippen MR) is 86.2 cm³/mol. The number of piperidine rings is 1. The molecule has 2 aliphatic rings. The minimum Gasteiger partial charge on any atom is -0.508 e. The van der Waals surface area contributed by atoms with E-state index in [1.165, 1.54) is 25.0 Å². The van der Waals surface area contributed by atoms with Crippen molar-refractivity contribution in [2.75, 3.05) is 13.7 Å². The molecular weight excluding hydrogens is 294 g/mol. The maximum Gasteiger partial charge on any atom is 0.318 e. The molecule has 2 saturated heterocycles. The highest BCUT2D eigenvalue weighted by atomic mass is 16.5. The summed E-state index contributed by atoms with van der Waals surface area (Å²) < 4.78 is 5.77. The molecule has 2 fully saturated rings. The average molecular weight is 319 g/mol. The highest BCUT2D eigenvalue weighted by Gasteiger charge is 2.43. The third kappa shape index (κ3) is 2.95. The number of benzene rings is 1. The van der Waals surface area contributed by atoms with Gasteiger partial charge >= 0.3 is 5.97 Å². The Kier molecular flexibility index (Phi) is 4.34. The molecule has 1 aromatic carbocycles. The summed E-state index contributed by atoms with van der Waals surface area (Å²) >= 11 is 0. The fourth-order valence-electron chi connectivity index (χ4n) is 3.84. The normalized spacial score (nSPS) is 30.0. The van der Waals surface area contributed by atoms with Crippen molar-refractivity contribution < 1.29 is 19.7 Å². The number of ether oxygens (including phenoxy) is 1. The van der Waals surface area contributed by atoms with Crippen molar-refractivity contribution in [3.63, 3.8) is 0 Å². The van der Waals surface area contributed by atoms with Gasteiger partial charge in [-0.3, -0.25) is 4.79 Å². The molecule has 0 aliphatic carbocycles. The fraction of sp³-hybridized carbons (Fsp3) is 0.611. The number of esters is 1. The zero-order valence-corrected chi connectivity index (χ0v) is 13.7. The van der Waals surface area contributed by atoms with Gasteiger partial charge in [0, 0.05) is 12.1 Å². The van der Waals surface area contributed by atoms with Gasteiger partial charge in [0.2, 0.25) is 0 Å². The molecule has 0 aromatic heterocycles. The molecule has 23 heavy (non-hydrogen) atoms. The average Bonchev–Trinajstić information content (AvgIpc) is 2.76. The molecule has 2 N–H and O–H groups in total. The molecule has 0 saturated carbocycles. The van der Waals surface area contributed by atoms with E-state index in [0.29, 0.717) is 17.6 Å². The number of aliphatic hydroxyl groups is 1. The SMILES string of the molecule is CN1C2CCC1CC(OC(=O)C(C)(CO)c1ccc(O)cc1)C2. The molecule has 0 radical (unpaired) electrons. The number of phenols is 1. The fourth-order valence-corrected chi connectivity index (χ4v) is 3.84. The standard InChI is InChI=1S/C18H25NO4/c1-18(11-20,12-3-7-15(21)8-4-12)17(22)23-16-9-13-5-6-14(10-16)19(13)2/h3-4,7-8,13-14,16,20-21H,5-6,9-11H2,1-2H3. The van der Waals surface area contributed by atoms with Crippen LogP contribution in [0, 0.1) is 0 Å². The van der Waals surface area contributed by atoms with E-state index in [4.69, 9.17) is 4.74 Å². The Hall–Kier alpha value is -1.59. The number of fused-ring (bicyclic) bond motifs is 2. The largest absolute Gasteiger partial charge is 0.508 e. The molecule has 5 heteroatoms. The van der Waals surface area contributed by atoms with Crippen LogP contribution in [0.4, 0.5) is 0 Å². The molecular formula is C18H25NO4. The number of aromatic hydroxyl groups is 1. The van der Waals surface area contributed by atoms with Gasteiger partial charge in [-0.05, 0) is 57.4 Å². The molecule has 5 nitrogen and oxygen atoms in total. The lowest BCUT2D eigenvalue weighted by Crippen LogP contribution is -2.46. The first-order chi connectivity index (χ1) is 10.9. The van der Waals surface area contributed by atoms with Crippen LogP contribution in [0.25, 0.3) is 0 Å². The topological polar surface area (TPSA) is 70.0 Å². The molecule has 1 aromatic rings. The summed E-state index contributed by atoms with van der Waals surface area (Å²) in [6.07, 6.45) is 4.01. The molecule has 3 atom stereocenters. The van der Waals surface area contributed by atoms with Crippen LogP contribution in [0.3, 0.4) is 0 Å². The van der Waals surface area contributed by atoms with Crippen LogP contribution in [0.5, 0.6) is 5.75 Å². The van der Waals surface area contributed by atoms with E-state index in [1.54, 1.807) is 19.1 Å². The molecule has 2 heterocycles. The van der Waals surface area contributed by atoms with Crippen LogP contribution >= 0.6 is 0 Å². The van der Waals surface area contributed by atoms with Crippen molar-refractivity contribution in [3.8, 4) is 5.75 Å². The van der Waals surface area contributed by atoms with Crippen LogP contribution in [-0.2, 0) is 14.9 Å². The molecule has 0 spiro atoms. The minimum atomic E-state index is -1.10. The van der Waals surface area contributed by atoms with Crippen molar-refractivity contribution in [2.45, 2.75) is 56.2 Å². The summed E-state index contributed by atoms with van der Waals surface area (Å²) in [7, 11) is 2.15. The summed E-state index contributed by atoms with van der Waals surface area (Å²) in [5.41, 5.74) is -0.450. The third-order valence-electron chi connectivity index (χ3n) is 5.60. The van der Waals surface area contributed by atoms with Gasteiger partial charge in [0.05, 0.1) is 6.61 Å². The number of phenolic OH excluding ortho intramolecular Hbond substituents is 1. The predicted octanol–water partition coefficient (Wildman–Crippen LogP) is 1.81. The number of nitrogens with zero attached hydrogens (tertiary/aromatic N) is 1. The number of hydrogen-bond donors (Lipinski definition) is 2. The second-order valence-electron chi connectivity index (χ2n) is 7.09. The number of carbonyl (C=O) groups excluding carboxylic acids is 1. The highest BCUT2D eigenvalue weighted by molar-refractivity contribution is 5.83. The summed E-state index contributed by atoms with van der Waals surface area (Å²) in [5.74, 6) is -0.256. The van der Waals surface area contributed by atoms with E-state index in [9.17, 15) is 15.0 Å². The third-order valence-corrected chi connectivity index (χ3v) is 5.60. The van der Waals surface area contributed by atoms with Gasteiger partial charge in [0.25, 0.3) is 0 Å².